The number of hydrogen-bond acceptors (Lipinski definition) is 9. The number of nitrogens with one attached hydrogen (secondary N) is 2. The van der Waals surface area contributed by atoms with Gasteiger partial charge in [0.25, 0.3) is 11.8 Å². The van der Waals surface area contributed by atoms with Crippen LogP contribution in [0, 0.1) is 11.8 Å². The van der Waals surface area contributed by atoms with Crippen LogP contribution in [0.4, 0.5) is 5.82 Å². The first-order valence-electron chi connectivity index (χ1n) is 13.0. The topological polar surface area (TPSA) is 160 Å². The number of nitrogens with zero attached hydrogens (tertiary/aromatic N) is 3. The maximum atomic E-state index is 12.7. The summed E-state index contributed by atoms with van der Waals surface area (Å²) < 4.78 is 8.17. The minimum atomic E-state index is -0.967. The second-order valence-electron chi connectivity index (χ2n) is 9.33. The Labute approximate surface area is 255 Å². The molecule has 13 heteroatoms. The number of ether oxygens (including phenoxy) is 1. The second kappa shape index (κ2) is 13.5. The summed E-state index contributed by atoms with van der Waals surface area (Å²) in [5.41, 5.74) is 5.98. The molecular formula is C30H25ClN6O5S. The monoisotopic (exact) mass is 616 g/mol. The molecule has 0 radical (unpaired) electrons. The number of nitrogens with two attached hydrogens (primary N) is 1. The fourth-order valence-corrected chi connectivity index (χ4v) is 5.01. The first-order valence-corrected chi connectivity index (χ1v) is 14.4. The average molecular weight is 617 g/mol. The summed E-state index contributed by atoms with van der Waals surface area (Å²) in [7, 11) is 0. The smallest absolute Gasteiger partial charge is 0.315 e. The number of anilines is 1. The van der Waals surface area contributed by atoms with Gasteiger partial charge >= 0.3 is 5.97 Å². The highest BCUT2D eigenvalue weighted by molar-refractivity contribution is 8.01. The molecular weight excluding hydrogens is 592 g/mol. The van der Waals surface area contributed by atoms with E-state index in [4.69, 9.17) is 32.3 Å². The number of benzene rings is 2. The predicted octanol–water partition coefficient (Wildman–Crippen LogP) is 3.57. The fraction of sp³-hybridized carbons (Fsp3) is 0.167. The molecule has 218 valence electrons. The molecule has 0 spiro atoms. The van der Waals surface area contributed by atoms with Crippen LogP contribution >= 0.6 is 23.5 Å². The van der Waals surface area contributed by atoms with Crippen LogP contribution in [0.25, 0.3) is 22.2 Å². The number of carbonyl (C=O) groups is 3. The van der Waals surface area contributed by atoms with Gasteiger partial charge in [0.15, 0.2) is 0 Å². The summed E-state index contributed by atoms with van der Waals surface area (Å²) in [6, 6.07) is 15.6. The molecule has 1 saturated heterocycles. The van der Waals surface area contributed by atoms with Crippen molar-refractivity contribution in [3.05, 3.63) is 88.1 Å². The molecule has 1 aliphatic rings. The van der Waals surface area contributed by atoms with Crippen molar-refractivity contribution in [3.8, 4) is 23.1 Å². The zero-order chi connectivity index (χ0) is 30.3. The third-order valence-electron chi connectivity index (χ3n) is 6.48. The number of nitrogen functional groups attached to an aromatic ring is 1. The Morgan fingerprint density at radius 2 is 1.84 bits per heavy atom. The predicted molar refractivity (Wildman–Crippen MR) is 164 cm³/mol. The average Bonchev–Trinajstić information content (AvgIpc) is 3.03. The highest BCUT2D eigenvalue weighted by atomic mass is 35.5. The van der Waals surface area contributed by atoms with Gasteiger partial charge < -0.3 is 19.5 Å². The molecule has 1 fully saturated rings. The lowest BCUT2D eigenvalue weighted by Crippen LogP contribution is -2.40. The number of carboxylic acids is 1. The van der Waals surface area contributed by atoms with E-state index in [1.165, 1.54) is 6.20 Å². The lowest BCUT2D eigenvalue weighted by Gasteiger charge is -2.26. The molecule has 11 nitrogen and oxygen atoms in total. The lowest BCUT2D eigenvalue weighted by atomic mass is 10.0. The van der Waals surface area contributed by atoms with Crippen LogP contribution in [-0.2, 0) is 9.53 Å². The lowest BCUT2D eigenvalue weighted by molar-refractivity contribution is -0.133. The number of carbonyl (C=O) groups excluding carboxylic acids is 2. The number of aliphatic carboxylic acids is 1. The van der Waals surface area contributed by atoms with E-state index in [1.54, 1.807) is 35.2 Å². The van der Waals surface area contributed by atoms with Gasteiger partial charge in [0, 0.05) is 53.0 Å². The molecule has 0 aliphatic carbocycles. The third-order valence-corrected chi connectivity index (χ3v) is 7.54. The Morgan fingerprint density at radius 1 is 1.07 bits per heavy atom. The molecule has 43 heavy (non-hydrogen) atoms. The van der Waals surface area contributed by atoms with Gasteiger partial charge in [-0.25, -0.2) is 15.8 Å². The summed E-state index contributed by atoms with van der Waals surface area (Å²) in [5, 5.41) is 9.73. The van der Waals surface area contributed by atoms with E-state index in [2.05, 4.69) is 27.0 Å². The molecule has 2 aromatic carbocycles. The van der Waals surface area contributed by atoms with Crippen molar-refractivity contribution in [2.45, 2.75) is 0 Å². The fourth-order valence-electron chi connectivity index (χ4n) is 4.32. The highest BCUT2D eigenvalue weighted by Gasteiger charge is 2.19. The third kappa shape index (κ3) is 7.22. The van der Waals surface area contributed by atoms with E-state index in [-0.39, 0.29) is 17.2 Å². The number of fused-ring (bicyclic) bond motifs is 1. The maximum Gasteiger partial charge on any atom is 0.315 e. The number of amides is 2. The standard InChI is InChI=1S/C30H25ClN6O5S/c31-24-13-21(30(41)37-9-11-42-12-10-37)8-7-19(24)4-1-18-2-5-20(6-3-18)25-14-22(29(40)35-32)23-16-33-27(15-26(23)34-25)36-43-17-28(38)39/h2-3,5-8,13-16H,9-12,17,32H2,(H,33,36)(H,35,40)(H,38,39). The van der Waals surface area contributed by atoms with Crippen molar-refractivity contribution in [2.75, 3.05) is 36.8 Å². The first kappa shape index (κ1) is 29.8. The van der Waals surface area contributed by atoms with Gasteiger partial charge in [0.2, 0.25) is 0 Å². The molecule has 0 atom stereocenters. The Bertz CT molecular complexity index is 1770. The van der Waals surface area contributed by atoms with E-state index >= 15 is 0 Å². The number of hydrazine groups is 1. The number of rotatable bonds is 7. The van der Waals surface area contributed by atoms with Crippen LogP contribution in [0.3, 0.4) is 0 Å². The zero-order valence-electron chi connectivity index (χ0n) is 22.6. The number of morpholine rings is 1. The van der Waals surface area contributed by atoms with Crippen LogP contribution in [-0.4, -0.2) is 69.8 Å². The summed E-state index contributed by atoms with van der Waals surface area (Å²) in [6.45, 7) is 2.14. The molecule has 5 N–H and O–H groups in total. The van der Waals surface area contributed by atoms with Crippen molar-refractivity contribution < 1.29 is 24.2 Å². The minimum Gasteiger partial charge on any atom is -0.481 e. The maximum absolute atomic E-state index is 12.7. The van der Waals surface area contributed by atoms with E-state index in [0.29, 0.717) is 64.9 Å². The number of aromatic nitrogens is 2. The number of hydrogen-bond donors (Lipinski definition) is 4. The largest absolute Gasteiger partial charge is 0.481 e. The van der Waals surface area contributed by atoms with Crippen LogP contribution in [0.15, 0.2) is 60.8 Å². The zero-order valence-corrected chi connectivity index (χ0v) is 24.2. The Hall–Kier alpha value is -4.67. The SMILES string of the molecule is NNC(=O)c1cc(-c2ccc(C#Cc3ccc(C(=O)N4CCOCC4)cc3Cl)cc2)nc2cc(NSCC(=O)O)ncc12. The van der Waals surface area contributed by atoms with Gasteiger partial charge in [-0.2, -0.15) is 0 Å². The summed E-state index contributed by atoms with van der Waals surface area (Å²) in [6.07, 6.45) is 1.48. The van der Waals surface area contributed by atoms with Gasteiger partial charge in [0.1, 0.15) is 11.6 Å². The molecule has 0 saturated carbocycles. The molecule has 2 amide bonds. The van der Waals surface area contributed by atoms with Crippen LogP contribution in [0.1, 0.15) is 31.8 Å². The molecule has 0 unspecified atom stereocenters. The molecule has 5 rings (SSSR count). The molecule has 0 bridgehead atoms. The van der Waals surface area contributed by atoms with Crippen molar-refractivity contribution in [1.82, 2.24) is 20.3 Å². The highest BCUT2D eigenvalue weighted by Crippen LogP contribution is 2.27. The number of halogens is 1. The van der Waals surface area contributed by atoms with E-state index in [9.17, 15) is 14.4 Å². The van der Waals surface area contributed by atoms with Crippen LogP contribution in [0.2, 0.25) is 5.02 Å². The van der Waals surface area contributed by atoms with Gasteiger partial charge in [0.05, 0.1) is 35.0 Å². The molecule has 4 aromatic rings. The first-order chi connectivity index (χ1) is 20.8. The van der Waals surface area contributed by atoms with Crippen molar-refractivity contribution in [1.29, 1.82) is 0 Å². The van der Waals surface area contributed by atoms with Crippen molar-refractivity contribution in [3.63, 3.8) is 0 Å². The van der Waals surface area contributed by atoms with Gasteiger partial charge in [-0.3, -0.25) is 19.8 Å². The Balaban J connectivity index is 1.37. The summed E-state index contributed by atoms with van der Waals surface area (Å²) in [5.74, 6) is 10.2. The second-order valence-corrected chi connectivity index (χ2v) is 10.5. The van der Waals surface area contributed by atoms with Crippen molar-refractivity contribution in [2.24, 2.45) is 5.84 Å². The van der Waals surface area contributed by atoms with Gasteiger partial charge in [-0.1, -0.05) is 35.6 Å². The molecule has 3 heterocycles. The normalized spacial score (nSPS) is 12.7. The van der Waals surface area contributed by atoms with E-state index in [0.717, 1.165) is 23.1 Å². The number of pyridine rings is 2. The summed E-state index contributed by atoms with van der Waals surface area (Å²) >= 11 is 7.42. The molecule has 1 aliphatic heterocycles. The summed E-state index contributed by atoms with van der Waals surface area (Å²) in [4.78, 5) is 46.8. The minimum absolute atomic E-state index is 0.0875. The van der Waals surface area contributed by atoms with E-state index < -0.39 is 11.9 Å². The Kier molecular flexibility index (Phi) is 9.38. The molecule has 2 aromatic heterocycles. The van der Waals surface area contributed by atoms with E-state index in [1.807, 2.05) is 24.3 Å². The van der Waals surface area contributed by atoms with Crippen molar-refractivity contribution >= 4 is 58.1 Å². The van der Waals surface area contributed by atoms with Crippen LogP contribution in [0.5, 0.6) is 0 Å². The number of carboxylic acid groups (broad SMARTS) is 1. The van der Waals surface area contributed by atoms with Crippen LogP contribution < -0.4 is 16.0 Å². The van der Waals surface area contributed by atoms with Gasteiger partial charge in [-0.15, -0.1) is 0 Å². The quantitative estimate of drug-likeness (QED) is 0.0794. The van der Waals surface area contributed by atoms with Gasteiger partial charge in [-0.05, 0) is 48.3 Å². The Morgan fingerprint density at radius 3 is 2.53 bits per heavy atom.